The number of benzene rings is 1. The van der Waals surface area contributed by atoms with Gasteiger partial charge in [0.25, 0.3) is 5.91 Å². The Hall–Kier alpha value is -2.70. The van der Waals surface area contributed by atoms with Crippen LogP contribution in [0.2, 0.25) is 0 Å². The highest BCUT2D eigenvalue weighted by Gasteiger charge is 2.35. The molecule has 2 atom stereocenters. The smallest absolute Gasteiger partial charge is 0.254 e. The first-order valence-electron chi connectivity index (χ1n) is 7.92. The number of rotatable bonds is 6. The molecule has 0 radical (unpaired) electrons. The molecule has 1 aliphatic heterocycles. The van der Waals surface area contributed by atoms with E-state index in [1.54, 1.807) is 29.2 Å². The van der Waals surface area contributed by atoms with E-state index in [2.05, 4.69) is 10.6 Å². The van der Waals surface area contributed by atoms with Crippen molar-refractivity contribution in [3.8, 4) is 0 Å². The molecular formula is C17H21N3O4. The van der Waals surface area contributed by atoms with E-state index in [-0.39, 0.29) is 18.4 Å². The summed E-state index contributed by atoms with van der Waals surface area (Å²) in [5, 5.41) is 4.99. The highest BCUT2D eigenvalue weighted by atomic mass is 16.2. The Labute approximate surface area is 140 Å². The molecule has 1 aliphatic rings. The molecule has 7 heteroatoms. The van der Waals surface area contributed by atoms with Crippen LogP contribution in [0.5, 0.6) is 0 Å². The lowest BCUT2D eigenvalue weighted by atomic mass is 10.1. The summed E-state index contributed by atoms with van der Waals surface area (Å²) in [6.07, 6.45) is 1.87. The SMILES string of the molecule is C[C@H](NC(=O)[C@@H]1CCCN1C(=O)c1ccccc1)C(=O)NCC=O. The van der Waals surface area contributed by atoms with Crippen LogP contribution >= 0.6 is 0 Å². The summed E-state index contributed by atoms with van der Waals surface area (Å²) in [6.45, 7) is 1.95. The van der Waals surface area contributed by atoms with Crippen LogP contribution in [0.25, 0.3) is 0 Å². The van der Waals surface area contributed by atoms with Crippen molar-refractivity contribution in [1.29, 1.82) is 0 Å². The van der Waals surface area contributed by atoms with Gasteiger partial charge in [-0.3, -0.25) is 14.4 Å². The van der Waals surface area contributed by atoms with Crippen LogP contribution in [0, 0.1) is 0 Å². The van der Waals surface area contributed by atoms with Crippen LogP contribution in [0.15, 0.2) is 30.3 Å². The first-order chi connectivity index (χ1) is 11.5. The average Bonchev–Trinajstić information content (AvgIpc) is 3.09. The van der Waals surface area contributed by atoms with E-state index in [4.69, 9.17) is 0 Å². The zero-order chi connectivity index (χ0) is 17.5. The topological polar surface area (TPSA) is 95.6 Å². The van der Waals surface area contributed by atoms with E-state index in [1.807, 2.05) is 6.07 Å². The summed E-state index contributed by atoms with van der Waals surface area (Å²) in [7, 11) is 0. The predicted octanol–water partition coefficient (Wildman–Crippen LogP) is 0.111. The van der Waals surface area contributed by atoms with Gasteiger partial charge in [-0.25, -0.2) is 0 Å². The molecule has 0 aliphatic carbocycles. The Morgan fingerprint density at radius 3 is 2.67 bits per heavy atom. The molecule has 7 nitrogen and oxygen atoms in total. The van der Waals surface area contributed by atoms with Crippen LogP contribution < -0.4 is 10.6 Å². The lowest BCUT2D eigenvalue weighted by molar-refractivity contribution is -0.130. The van der Waals surface area contributed by atoms with Crippen molar-refractivity contribution in [2.24, 2.45) is 0 Å². The van der Waals surface area contributed by atoms with Crippen molar-refractivity contribution in [2.45, 2.75) is 31.8 Å². The van der Waals surface area contributed by atoms with Crippen molar-refractivity contribution in [3.63, 3.8) is 0 Å². The molecule has 24 heavy (non-hydrogen) atoms. The minimum absolute atomic E-state index is 0.0961. The Kier molecular flexibility index (Phi) is 6.06. The second-order valence-corrected chi connectivity index (χ2v) is 5.66. The van der Waals surface area contributed by atoms with Gasteiger partial charge in [0, 0.05) is 12.1 Å². The van der Waals surface area contributed by atoms with Crippen LogP contribution in [0.3, 0.4) is 0 Å². The van der Waals surface area contributed by atoms with Gasteiger partial charge in [-0.05, 0) is 31.9 Å². The maximum absolute atomic E-state index is 12.6. The molecule has 128 valence electrons. The number of likely N-dealkylation sites (tertiary alicyclic amines) is 1. The van der Waals surface area contributed by atoms with E-state index >= 15 is 0 Å². The quantitative estimate of drug-likeness (QED) is 0.723. The van der Waals surface area contributed by atoms with Gasteiger partial charge in [-0.15, -0.1) is 0 Å². The molecule has 0 saturated carbocycles. The number of hydrogen-bond donors (Lipinski definition) is 2. The summed E-state index contributed by atoms with van der Waals surface area (Å²) in [5.74, 6) is -0.980. The maximum Gasteiger partial charge on any atom is 0.254 e. The van der Waals surface area contributed by atoms with Gasteiger partial charge in [0.1, 0.15) is 18.4 Å². The highest BCUT2D eigenvalue weighted by molar-refractivity contribution is 5.98. The summed E-state index contributed by atoms with van der Waals surface area (Å²) >= 11 is 0. The summed E-state index contributed by atoms with van der Waals surface area (Å²) in [5.41, 5.74) is 0.536. The highest BCUT2D eigenvalue weighted by Crippen LogP contribution is 2.20. The number of amides is 3. The van der Waals surface area contributed by atoms with E-state index < -0.39 is 18.0 Å². The third-order valence-corrected chi connectivity index (χ3v) is 3.95. The van der Waals surface area contributed by atoms with Crippen molar-refractivity contribution in [1.82, 2.24) is 15.5 Å². The fraction of sp³-hybridized carbons (Fsp3) is 0.412. The normalized spacial score (nSPS) is 17.9. The Bertz CT molecular complexity index is 618. The number of nitrogens with one attached hydrogen (secondary N) is 2. The monoisotopic (exact) mass is 331 g/mol. The largest absolute Gasteiger partial charge is 0.348 e. The van der Waals surface area contributed by atoms with Crippen molar-refractivity contribution in [2.75, 3.05) is 13.1 Å². The molecule has 1 aromatic carbocycles. The molecule has 0 aromatic heterocycles. The number of carbonyl (C=O) groups excluding carboxylic acids is 4. The van der Waals surface area contributed by atoms with Crippen LogP contribution in [-0.2, 0) is 14.4 Å². The summed E-state index contributed by atoms with van der Waals surface area (Å²) < 4.78 is 0. The van der Waals surface area contributed by atoms with Crippen LogP contribution in [-0.4, -0.2) is 54.1 Å². The van der Waals surface area contributed by atoms with Gasteiger partial charge in [0.05, 0.1) is 6.54 Å². The van der Waals surface area contributed by atoms with E-state index in [0.717, 1.165) is 6.42 Å². The van der Waals surface area contributed by atoms with Crippen LogP contribution in [0.1, 0.15) is 30.1 Å². The Morgan fingerprint density at radius 1 is 1.29 bits per heavy atom. The van der Waals surface area contributed by atoms with Crippen molar-refractivity contribution >= 4 is 24.0 Å². The fourth-order valence-corrected chi connectivity index (χ4v) is 2.70. The molecule has 0 spiro atoms. The molecular weight excluding hydrogens is 310 g/mol. The lowest BCUT2D eigenvalue weighted by Gasteiger charge is -2.25. The molecule has 2 rings (SSSR count). The van der Waals surface area contributed by atoms with Gasteiger partial charge in [-0.1, -0.05) is 18.2 Å². The standard InChI is InChI=1S/C17H21N3O4/c1-12(15(22)18-9-11-21)19-16(23)14-8-5-10-20(14)17(24)13-6-3-2-4-7-13/h2-4,6-7,11-12,14H,5,8-10H2,1H3,(H,18,22)(H,19,23)/t12-,14-/m0/s1. The van der Waals surface area contributed by atoms with Gasteiger partial charge < -0.3 is 20.3 Å². The average molecular weight is 331 g/mol. The molecule has 2 N–H and O–H groups in total. The first kappa shape index (κ1) is 17.7. The minimum atomic E-state index is -0.772. The number of carbonyl (C=O) groups is 4. The van der Waals surface area contributed by atoms with Crippen molar-refractivity contribution < 1.29 is 19.2 Å². The van der Waals surface area contributed by atoms with E-state index in [1.165, 1.54) is 6.92 Å². The molecule has 1 fully saturated rings. The number of aldehydes is 1. The molecule has 3 amide bonds. The predicted molar refractivity (Wildman–Crippen MR) is 87.2 cm³/mol. The second-order valence-electron chi connectivity index (χ2n) is 5.66. The number of hydrogen-bond acceptors (Lipinski definition) is 4. The lowest BCUT2D eigenvalue weighted by Crippen LogP contribution is -2.52. The molecule has 0 unspecified atom stereocenters. The Balaban J connectivity index is 1.99. The zero-order valence-corrected chi connectivity index (χ0v) is 13.5. The Morgan fingerprint density at radius 2 is 2.00 bits per heavy atom. The molecule has 0 bridgehead atoms. The second kappa shape index (κ2) is 8.24. The van der Waals surface area contributed by atoms with Gasteiger partial charge in [-0.2, -0.15) is 0 Å². The van der Waals surface area contributed by atoms with Crippen LogP contribution in [0.4, 0.5) is 0 Å². The minimum Gasteiger partial charge on any atom is -0.348 e. The summed E-state index contributed by atoms with van der Waals surface area (Å²) in [6, 6.07) is 7.45. The zero-order valence-electron chi connectivity index (χ0n) is 13.5. The molecule has 1 saturated heterocycles. The number of nitrogens with zero attached hydrogens (tertiary/aromatic N) is 1. The van der Waals surface area contributed by atoms with Gasteiger partial charge in [0.2, 0.25) is 11.8 Å². The van der Waals surface area contributed by atoms with E-state index in [0.29, 0.717) is 24.8 Å². The van der Waals surface area contributed by atoms with Gasteiger partial charge in [0.15, 0.2) is 0 Å². The first-order valence-corrected chi connectivity index (χ1v) is 7.92. The molecule has 1 aromatic rings. The third-order valence-electron chi connectivity index (χ3n) is 3.95. The van der Waals surface area contributed by atoms with Gasteiger partial charge >= 0.3 is 0 Å². The maximum atomic E-state index is 12.6. The fourth-order valence-electron chi connectivity index (χ4n) is 2.70. The molecule has 1 heterocycles. The summed E-state index contributed by atoms with van der Waals surface area (Å²) in [4.78, 5) is 48.5. The third kappa shape index (κ3) is 4.18. The van der Waals surface area contributed by atoms with Crippen molar-refractivity contribution in [3.05, 3.63) is 35.9 Å². The van der Waals surface area contributed by atoms with E-state index in [9.17, 15) is 19.2 Å².